The fourth-order valence-electron chi connectivity index (χ4n) is 2.25. The predicted octanol–water partition coefficient (Wildman–Crippen LogP) is 4.94. The van der Waals surface area contributed by atoms with Gasteiger partial charge in [-0.2, -0.15) is 0 Å². The van der Waals surface area contributed by atoms with Crippen LogP contribution in [0.25, 0.3) is 0 Å². The minimum atomic E-state index is 0.0827. The first-order chi connectivity index (χ1) is 9.95. The zero-order valence-corrected chi connectivity index (χ0v) is 14.3. The number of benzene rings is 1. The van der Waals surface area contributed by atoms with Gasteiger partial charge in [0.15, 0.2) is 0 Å². The van der Waals surface area contributed by atoms with Crippen molar-refractivity contribution in [3.63, 3.8) is 0 Å². The molecule has 0 saturated heterocycles. The van der Waals surface area contributed by atoms with Gasteiger partial charge in [0.1, 0.15) is 5.01 Å². The van der Waals surface area contributed by atoms with E-state index in [1.807, 2.05) is 18.2 Å². The SMILES string of the molecule is CC(C)(C)c1csc(C(NC2CC2)c2ccccc2Cl)n1. The maximum atomic E-state index is 6.41. The molecule has 1 N–H and O–H groups in total. The van der Waals surface area contributed by atoms with E-state index in [0.29, 0.717) is 6.04 Å². The fraction of sp³-hybridized carbons (Fsp3) is 0.471. The molecule has 2 nitrogen and oxygen atoms in total. The molecule has 1 heterocycles. The van der Waals surface area contributed by atoms with Crippen LogP contribution >= 0.6 is 22.9 Å². The molecule has 1 aromatic heterocycles. The monoisotopic (exact) mass is 320 g/mol. The smallest absolute Gasteiger partial charge is 0.114 e. The first-order valence-corrected chi connectivity index (χ1v) is 8.67. The highest BCUT2D eigenvalue weighted by Gasteiger charge is 2.29. The van der Waals surface area contributed by atoms with E-state index in [1.165, 1.54) is 12.8 Å². The lowest BCUT2D eigenvalue weighted by molar-refractivity contribution is 0.557. The van der Waals surface area contributed by atoms with E-state index in [9.17, 15) is 0 Å². The van der Waals surface area contributed by atoms with Gasteiger partial charge in [0, 0.05) is 21.9 Å². The summed E-state index contributed by atoms with van der Waals surface area (Å²) in [5.41, 5.74) is 2.36. The van der Waals surface area contributed by atoms with Gasteiger partial charge < -0.3 is 5.32 Å². The molecule has 0 spiro atoms. The molecule has 0 amide bonds. The summed E-state index contributed by atoms with van der Waals surface area (Å²) >= 11 is 8.13. The van der Waals surface area contributed by atoms with E-state index >= 15 is 0 Å². The van der Waals surface area contributed by atoms with Crippen LogP contribution in [0.4, 0.5) is 0 Å². The molecule has 4 heteroatoms. The molecular weight excluding hydrogens is 300 g/mol. The van der Waals surface area contributed by atoms with Crippen molar-refractivity contribution in [1.29, 1.82) is 0 Å². The van der Waals surface area contributed by atoms with E-state index in [0.717, 1.165) is 21.3 Å². The summed E-state index contributed by atoms with van der Waals surface area (Å²) in [6.45, 7) is 6.60. The van der Waals surface area contributed by atoms with Gasteiger partial charge in [0.25, 0.3) is 0 Å². The molecule has 1 fully saturated rings. The second-order valence-electron chi connectivity index (χ2n) is 6.72. The minimum Gasteiger partial charge on any atom is -0.301 e. The molecule has 0 radical (unpaired) electrons. The van der Waals surface area contributed by atoms with Gasteiger partial charge in [0.2, 0.25) is 0 Å². The number of aromatic nitrogens is 1. The third-order valence-electron chi connectivity index (χ3n) is 3.73. The van der Waals surface area contributed by atoms with Crippen LogP contribution in [0.1, 0.15) is 55.9 Å². The highest BCUT2D eigenvalue weighted by molar-refractivity contribution is 7.09. The number of hydrogen-bond acceptors (Lipinski definition) is 3. The van der Waals surface area contributed by atoms with Crippen LogP contribution < -0.4 is 5.32 Å². The summed E-state index contributed by atoms with van der Waals surface area (Å²) in [6.07, 6.45) is 2.50. The topological polar surface area (TPSA) is 24.9 Å². The molecule has 1 atom stereocenters. The summed E-state index contributed by atoms with van der Waals surface area (Å²) < 4.78 is 0. The van der Waals surface area contributed by atoms with Gasteiger partial charge in [-0.1, -0.05) is 50.6 Å². The molecule has 1 aromatic carbocycles. The first kappa shape index (κ1) is 15.0. The lowest BCUT2D eigenvalue weighted by atomic mass is 9.93. The summed E-state index contributed by atoms with van der Waals surface area (Å²) in [5.74, 6) is 0. The van der Waals surface area contributed by atoms with Gasteiger partial charge in [0.05, 0.1) is 11.7 Å². The Morgan fingerprint density at radius 3 is 2.57 bits per heavy atom. The van der Waals surface area contributed by atoms with Crippen molar-refractivity contribution in [1.82, 2.24) is 10.3 Å². The summed E-state index contributed by atoms with van der Waals surface area (Å²) in [7, 11) is 0. The van der Waals surface area contributed by atoms with Crippen molar-refractivity contribution < 1.29 is 0 Å². The normalized spacial score (nSPS) is 17.0. The Kier molecular flexibility index (Phi) is 4.08. The van der Waals surface area contributed by atoms with Crippen LogP contribution in [0.5, 0.6) is 0 Å². The van der Waals surface area contributed by atoms with Gasteiger partial charge in [-0.3, -0.25) is 0 Å². The summed E-state index contributed by atoms with van der Waals surface area (Å²) in [4.78, 5) is 4.88. The van der Waals surface area contributed by atoms with Crippen molar-refractivity contribution in [2.75, 3.05) is 0 Å². The van der Waals surface area contributed by atoms with Crippen LogP contribution in [-0.2, 0) is 5.41 Å². The Balaban J connectivity index is 1.96. The Bertz CT molecular complexity index is 626. The first-order valence-electron chi connectivity index (χ1n) is 7.41. The minimum absolute atomic E-state index is 0.0827. The zero-order chi connectivity index (χ0) is 15.0. The van der Waals surface area contributed by atoms with Gasteiger partial charge >= 0.3 is 0 Å². The lowest BCUT2D eigenvalue weighted by Crippen LogP contribution is -2.25. The Labute approximate surface area is 135 Å². The van der Waals surface area contributed by atoms with Crippen LogP contribution in [0.2, 0.25) is 5.02 Å². The highest BCUT2D eigenvalue weighted by atomic mass is 35.5. The highest BCUT2D eigenvalue weighted by Crippen LogP contribution is 2.35. The molecule has 1 aliphatic rings. The molecule has 1 saturated carbocycles. The lowest BCUT2D eigenvalue weighted by Gasteiger charge is -2.19. The third kappa shape index (κ3) is 3.47. The van der Waals surface area contributed by atoms with E-state index in [4.69, 9.17) is 16.6 Å². The molecule has 2 aromatic rings. The second kappa shape index (κ2) is 5.71. The molecular formula is C17H21ClN2S. The fourth-order valence-corrected chi connectivity index (χ4v) is 3.62. The Morgan fingerprint density at radius 2 is 2.00 bits per heavy atom. The van der Waals surface area contributed by atoms with Crippen LogP contribution in [-0.4, -0.2) is 11.0 Å². The molecule has 3 rings (SSSR count). The molecule has 112 valence electrons. The molecule has 1 aliphatic carbocycles. The predicted molar refractivity (Wildman–Crippen MR) is 90.3 cm³/mol. The van der Waals surface area contributed by atoms with Crippen LogP contribution in [0, 0.1) is 0 Å². The molecule has 0 aliphatic heterocycles. The quantitative estimate of drug-likeness (QED) is 0.863. The van der Waals surface area contributed by atoms with Gasteiger partial charge in [-0.15, -0.1) is 11.3 Å². The van der Waals surface area contributed by atoms with Crippen molar-refractivity contribution in [2.45, 2.75) is 51.1 Å². The van der Waals surface area contributed by atoms with E-state index in [1.54, 1.807) is 11.3 Å². The van der Waals surface area contributed by atoms with Crippen molar-refractivity contribution in [2.24, 2.45) is 0 Å². The van der Waals surface area contributed by atoms with Crippen molar-refractivity contribution in [3.05, 3.63) is 50.9 Å². The van der Waals surface area contributed by atoms with E-state index in [2.05, 4.69) is 37.5 Å². The Morgan fingerprint density at radius 1 is 1.29 bits per heavy atom. The van der Waals surface area contributed by atoms with E-state index < -0.39 is 0 Å². The average Bonchev–Trinajstić information content (AvgIpc) is 3.09. The van der Waals surface area contributed by atoms with Gasteiger partial charge in [-0.25, -0.2) is 4.98 Å². The van der Waals surface area contributed by atoms with Gasteiger partial charge in [-0.05, 0) is 24.5 Å². The number of halogens is 1. The number of rotatable bonds is 4. The van der Waals surface area contributed by atoms with E-state index in [-0.39, 0.29) is 11.5 Å². The largest absolute Gasteiger partial charge is 0.301 e. The molecule has 21 heavy (non-hydrogen) atoms. The molecule has 0 bridgehead atoms. The Hall–Kier alpha value is -0.900. The number of thiazole rings is 1. The molecule has 1 unspecified atom stereocenters. The summed E-state index contributed by atoms with van der Waals surface area (Å²) in [5, 5.41) is 7.79. The number of nitrogens with one attached hydrogen (secondary N) is 1. The third-order valence-corrected chi connectivity index (χ3v) is 4.99. The van der Waals surface area contributed by atoms with Crippen molar-refractivity contribution >= 4 is 22.9 Å². The van der Waals surface area contributed by atoms with Crippen LogP contribution in [0.15, 0.2) is 29.6 Å². The second-order valence-corrected chi connectivity index (χ2v) is 8.01. The maximum absolute atomic E-state index is 6.41. The maximum Gasteiger partial charge on any atom is 0.114 e. The zero-order valence-electron chi connectivity index (χ0n) is 12.7. The van der Waals surface area contributed by atoms with Crippen LogP contribution in [0.3, 0.4) is 0 Å². The van der Waals surface area contributed by atoms with Crippen molar-refractivity contribution in [3.8, 4) is 0 Å². The standard InChI is InChI=1S/C17H21ClN2S/c1-17(2,3)14-10-21-16(20-14)15(19-11-8-9-11)12-6-4-5-7-13(12)18/h4-7,10-11,15,19H,8-9H2,1-3H3. The average molecular weight is 321 g/mol. The number of hydrogen-bond donors (Lipinski definition) is 1. The summed E-state index contributed by atoms with van der Waals surface area (Å²) in [6, 6.07) is 8.78. The number of nitrogens with zero attached hydrogens (tertiary/aromatic N) is 1.